The number of rotatable bonds is 2. The summed E-state index contributed by atoms with van der Waals surface area (Å²) in [4.78, 5) is 16.6. The Morgan fingerprint density at radius 2 is 1.78 bits per heavy atom. The summed E-state index contributed by atoms with van der Waals surface area (Å²) in [6.07, 6.45) is 0. The van der Waals surface area contributed by atoms with E-state index in [9.17, 15) is 4.79 Å². The number of halogens is 2. The zero-order chi connectivity index (χ0) is 13.3. The molecule has 0 N–H and O–H groups in total. The molecule has 2 rings (SSSR count). The van der Waals surface area contributed by atoms with Gasteiger partial charge in [-0.3, -0.25) is 9.78 Å². The minimum atomic E-state index is -0.0985. The van der Waals surface area contributed by atoms with Crippen molar-refractivity contribution >= 4 is 29.0 Å². The number of pyridine rings is 1. The van der Waals surface area contributed by atoms with Crippen LogP contribution in [0.3, 0.4) is 0 Å². The van der Waals surface area contributed by atoms with Crippen molar-refractivity contribution < 1.29 is 4.79 Å². The van der Waals surface area contributed by atoms with Crippen LogP contribution in [0.2, 0.25) is 10.0 Å². The fourth-order valence-corrected chi connectivity index (χ4v) is 2.02. The van der Waals surface area contributed by atoms with Gasteiger partial charge in [-0.2, -0.15) is 0 Å². The van der Waals surface area contributed by atoms with Crippen LogP contribution in [-0.2, 0) is 0 Å². The highest BCUT2D eigenvalue weighted by Crippen LogP contribution is 2.24. The molecule has 2 nitrogen and oxygen atoms in total. The molecule has 0 amide bonds. The van der Waals surface area contributed by atoms with E-state index in [2.05, 4.69) is 4.98 Å². The smallest absolute Gasteiger partial charge is 0.194 e. The molecule has 1 aromatic heterocycles. The van der Waals surface area contributed by atoms with Crippen LogP contribution in [0.1, 0.15) is 27.3 Å². The average molecular weight is 280 g/mol. The van der Waals surface area contributed by atoms with Gasteiger partial charge >= 0.3 is 0 Å². The van der Waals surface area contributed by atoms with Crippen LogP contribution in [0.15, 0.2) is 30.3 Å². The molecule has 0 atom stereocenters. The summed E-state index contributed by atoms with van der Waals surface area (Å²) in [5, 5.41) is 0.812. The van der Waals surface area contributed by atoms with E-state index >= 15 is 0 Å². The summed E-state index contributed by atoms with van der Waals surface area (Å²) in [7, 11) is 0. The SMILES string of the molecule is Cc1ccc(C(=O)c2ccc(Cl)c(Cl)c2)c(C)n1. The maximum atomic E-state index is 12.3. The molecule has 0 aliphatic carbocycles. The summed E-state index contributed by atoms with van der Waals surface area (Å²) < 4.78 is 0. The fourth-order valence-electron chi connectivity index (χ4n) is 1.72. The van der Waals surface area contributed by atoms with Crippen LogP contribution in [0, 0.1) is 13.8 Å². The zero-order valence-corrected chi connectivity index (χ0v) is 11.5. The summed E-state index contributed by atoms with van der Waals surface area (Å²) in [6, 6.07) is 8.45. The number of nitrogens with zero attached hydrogens (tertiary/aromatic N) is 1. The predicted octanol–water partition coefficient (Wildman–Crippen LogP) is 4.24. The van der Waals surface area contributed by atoms with Crippen LogP contribution >= 0.6 is 23.2 Å². The highest BCUT2D eigenvalue weighted by molar-refractivity contribution is 6.42. The average Bonchev–Trinajstić information content (AvgIpc) is 2.32. The van der Waals surface area contributed by atoms with Crippen molar-refractivity contribution in [3.63, 3.8) is 0 Å². The third-order valence-electron chi connectivity index (χ3n) is 2.65. The minimum absolute atomic E-state index is 0.0985. The summed E-state index contributed by atoms with van der Waals surface area (Å²) in [5.41, 5.74) is 2.70. The third-order valence-corrected chi connectivity index (χ3v) is 3.39. The molecule has 92 valence electrons. The van der Waals surface area contributed by atoms with Crippen molar-refractivity contribution in [2.75, 3.05) is 0 Å². The van der Waals surface area contributed by atoms with Crippen LogP contribution < -0.4 is 0 Å². The van der Waals surface area contributed by atoms with Gasteiger partial charge in [0.25, 0.3) is 0 Å². The number of hydrogen-bond donors (Lipinski definition) is 0. The maximum absolute atomic E-state index is 12.3. The number of aromatic nitrogens is 1. The molecule has 0 radical (unpaired) electrons. The molecule has 0 bridgehead atoms. The third kappa shape index (κ3) is 2.55. The van der Waals surface area contributed by atoms with Gasteiger partial charge < -0.3 is 0 Å². The van der Waals surface area contributed by atoms with E-state index in [0.717, 1.165) is 5.69 Å². The first-order valence-electron chi connectivity index (χ1n) is 5.43. The highest BCUT2D eigenvalue weighted by atomic mass is 35.5. The molecule has 2 aromatic rings. The second-order valence-corrected chi connectivity index (χ2v) is 4.86. The lowest BCUT2D eigenvalue weighted by Gasteiger charge is -2.06. The van der Waals surface area contributed by atoms with Crippen LogP contribution in [0.25, 0.3) is 0 Å². The summed E-state index contributed by atoms with van der Waals surface area (Å²) in [5.74, 6) is -0.0985. The first kappa shape index (κ1) is 13.1. The lowest BCUT2D eigenvalue weighted by molar-refractivity contribution is 0.103. The fraction of sp³-hybridized carbons (Fsp3) is 0.143. The Hall–Kier alpha value is -1.38. The molecular formula is C14H11Cl2NO. The maximum Gasteiger partial charge on any atom is 0.194 e. The number of aryl methyl sites for hydroxylation is 2. The summed E-state index contributed by atoms with van der Waals surface area (Å²) >= 11 is 11.7. The normalized spacial score (nSPS) is 10.4. The standard InChI is InChI=1S/C14H11Cl2NO/c1-8-3-5-11(9(2)17-8)14(18)10-4-6-12(15)13(16)7-10/h3-7H,1-2H3. The van der Waals surface area contributed by atoms with Gasteiger partial charge in [-0.25, -0.2) is 0 Å². The van der Waals surface area contributed by atoms with Crippen LogP contribution in [0.4, 0.5) is 0 Å². The monoisotopic (exact) mass is 279 g/mol. The quantitative estimate of drug-likeness (QED) is 0.770. The molecule has 0 spiro atoms. The van der Waals surface area contributed by atoms with E-state index in [1.54, 1.807) is 24.3 Å². The molecule has 0 unspecified atom stereocenters. The molecule has 0 fully saturated rings. The summed E-state index contributed by atoms with van der Waals surface area (Å²) in [6.45, 7) is 3.71. The van der Waals surface area contributed by atoms with Gasteiger partial charge in [0.2, 0.25) is 0 Å². The van der Waals surface area contributed by atoms with Crippen molar-refractivity contribution in [2.24, 2.45) is 0 Å². The second kappa shape index (κ2) is 5.09. The number of hydrogen-bond acceptors (Lipinski definition) is 2. The zero-order valence-electron chi connectivity index (χ0n) is 10.00. The van der Waals surface area contributed by atoms with Gasteiger partial charge in [-0.1, -0.05) is 23.2 Å². The van der Waals surface area contributed by atoms with Crippen LogP contribution in [-0.4, -0.2) is 10.8 Å². The Morgan fingerprint density at radius 3 is 2.39 bits per heavy atom. The van der Waals surface area contributed by atoms with E-state index in [4.69, 9.17) is 23.2 Å². The topological polar surface area (TPSA) is 30.0 Å². The van der Waals surface area contributed by atoms with Crippen molar-refractivity contribution in [3.8, 4) is 0 Å². The molecule has 1 aromatic carbocycles. The Morgan fingerprint density at radius 1 is 1.06 bits per heavy atom. The van der Waals surface area contributed by atoms with Crippen LogP contribution in [0.5, 0.6) is 0 Å². The van der Waals surface area contributed by atoms with Crippen molar-refractivity contribution in [1.82, 2.24) is 4.98 Å². The van der Waals surface area contributed by atoms with E-state index < -0.39 is 0 Å². The number of benzene rings is 1. The molecule has 18 heavy (non-hydrogen) atoms. The van der Waals surface area contributed by atoms with Gasteiger partial charge in [0, 0.05) is 22.5 Å². The molecule has 0 saturated carbocycles. The Labute approximate surface area is 116 Å². The van der Waals surface area contributed by atoms with E-state index in [1.807, 2.05) is 19.9 Å². The molecule has 0 aliphatic heterocycles. The van der Waals surface area contributed by atoms with E-state index in [1.165, 1.54) is 0 Å². The second-order valence-electron chi connectivity index (χ2n) is 4.04. The predicted molar refractivity (Wildman–Crippen MR) is 73.6 cm³/mol. The first-order chi connectivity index (χ1) is 8.49. The lowest BCUT2D eigenvalue weighted by Crippen LogP contribution is -2.05. The number of carbonyl (C=O) groups excluding carboxylic acids is 1. The lowest BCUT2D eigenvalue weighted by atomic mass is 10.0. The van der Waals surface area contributed by atoms with Gasteiger partial charge in [0.05, 0.1) is 10.0 Å². The Balaban J connectivity index is 2.44. The Bertz CT molecular complexity index is 623. The van der Waals surface area contributed by atoms with Gasteiger partial charge in [-0.15, -0.1) is 0 Å². The highest BCUT2D eigenvalue weighted by Gasteiger charge is 2.13. The van der Waals surface area contributed by atoms with E-state index in [-0.39, 0.29) is 5.78 Å². The van der Waals surface area contributed by atoms with Crippen molar-refractivity contribution in [2.45, 2.75) is 13.8 Å². The molecule has 4 heteroatoms. The van der Waals surface area contributed by atoms with Crippen molar-refractivity contribution in [3.05, 3.63) is 62.9 Å². The van der Waals surface area contributed by atoms with Gasteiger partial charge in [0.15, 0.2) is 5.78 Å². The largest absolute Gasteiger partial charge is 0.289 e. The van der Waals surface area contributed by atoms with Crippen molar-refractivity contribution in [1.29, 1.82) is 0 Å². The molecule has 0 aliphatic rings. The number of ketones is 1. The first-order valence-corrected chi connectivity index (χ1v) is 6.18. The molecular weight excluding hydrogens is 269 g/mol. The van der Waals surface area contributed by atoms with Gasteiger partial charge in [0.1, 0.15) is 0 Å². The number of carbonyl (C=O) groups is 1. The van der Waals surface area contributed by atoms with E-state index in [0.29, 0.717) is 26.9 Å². The Kier molecular flexibility index (Phi) is 3.69. The molecule has 1 heterocycles. The molecule has 0 saturated heterocycles. The van der Waals surface area contributed by atoms with Gasteiger partial charge in [-0.05, 0) is 44.2 Å². The minimum Gasteiger partial charge on any atom is -0.289 e.